The van der Waals surface area contributed by atoms with E-state index in [2.05, 4.69) is 20.3 Å². The van der Waals surface area contributed by atoms with Crippen molar-refractivity contribution in [3.63, 3.8) is 0 Å². The van der Waals surface area contributed by atoms with Gasteiger partial charge in [-0.25, -0.2) is 0 Å². The Bertz CT molecular complexity index is 676. The lowest BCUT2D eigenvalue weighted by Crippen LogP contribution is -2.02. The topological polar surface area (TPSA) is 95.1 Å². The molecule has 3 heterocycles. The molecule has 3 aromatic rings. The zero-order valence-electron chi connectivity index (χ0n) is 9.57. The molecule has 0 bridgehead atoms. The first-order valence-corrected chi connectivity index (χ1v) is 5.12. The summed E-state index contributed by atoms with van der Waals surface area (Å²) < 4.78 is 6.92. The van der Waals surface area contributed by atoms with Gasteiger partial charge in [0.25, 0.3) is 5.89 Å². The van der Waals surface area contributed by atoms with Crippen LogP contribution in [0.1, 0.15) is 11.6 Å². The second-order valence-electron chi connectivity index (χ2n) is 3.61. The zero-order valence-corrected chi connectivity index (χ0v) is 10.4. The van der Waals surface area contributed by atoms with Crippen molar-refractivity contribution in [2.75, 3.05) is 0 Å². The van der Waals surface area contributed by atoms with Gasteiger partial charge in [-0.15, -0.1) is 22.6 Å². The minimum atomic E-state index is 0. The number of hydrogen-bond donors (Lipinski definition) is 1. The molecule has 18 heavy (non-hydrogen) atoms. The smallest absolute Gasteiger partial charge is 0.258 e. The lowest BCUT2D eigenvalue weighted by molar-refractivity contribution is 0.425. The Kier molecular flexibility index (Phi) is 3.26. The average molecular weight is 267 g/mol. The largest absolute Gasteiger partial charge is 0.334 e. The molecule has 0 aliphatic rings. The molecule has 0 saturated heterocycles. The second-order valence-corrected chi connectivity index (χ2v) is 3.61. The molecule has 0 aliphatic heterocycles. The molecule has 0 aliphatic carbocycles. The molecule has 8 heteroatoms. The van der Waals surface area contributed by atoms with Crippen LogP contribution < -0.4 is 5.73 Å². The number of nitrogens with two attached hydrogens (primary N) is 1. The van der Waals surface area contributed by atoms with Crippen molar-refractivity contribution >= 4 is 18.1 Å². The Labute approximate surface area is 108 Å². The van der Waals surface area contributed by atoms with Crippen LogP contribution in [0.2, 0.25) is 0 Å². The number of halogens is 1. The van der Waals surface area contributed by atoms with Crippen LogP contribution >= 0.6 is 12.4 Å². The summed E-state index contributed by atoms with van der Waals surface area (Å²) in [7, 11) is 0. The SMILES string of the molecule is Cc1noc(-c2ccn3c(CN)nnc3c2)n1.Cl. The quantitative estimate of drug-likeness (QED) is 0.742. The standard InChI is InChI=1S/C10H10N6O.ClH/c1-6-12-10(17-15-6)7-2-3-16-8(4-7)13-14-9(16)5-11;/h2-4H,5,11H2,1H3;1H. The summed E-state index contributed by atoms with van der Waals surface area (Å²) in [4.78, 5) is 4.15. The number of nitrogens with zero attached hydrogens (tertiary/aromatic N) is 5. The molecular formula is C10H11ClN6O. The minimum absolute atomic E-state index is 0. The summed E-state index contributed by atoms with van der Waals surface area (Å²) in [5, 5.41) is 11.7. The summed E-state index contributed by atoms with van der Waals surface area (Å²) in [6.07, 6.45) is 1.84. The number of aryl methyl sites for hydroxylation is 1. The van der Waals surface area contributed by atoms with Crippen molar-refractivity contribution in [1.29, 1.82) is 0 Å². The van der Waals surface area contributed by atoms with Crippen LogP contribution in [0.5, 0.6) is 0 Å². The van der Waals surface area contributed by atoms with E-state index in [4.69, 9.17) is 10.3 Å². The molecule has 7 nitrogen and oxygen atoms in total. The Morgan fingerprint density at radius 2 is 2.22 bits per heavy atom. The van der Waals surface area contributed by atoms with E-state index >= 15 is 0 Å². The van der Waals surface area contributed by atoms with E-state index in [1.54, 1.807) is 6.92 Å². The molecule has 0 aromatic carbocycles. The van der Waals surface area contributed by atoms with Crippen molar-refractivity contribution < 1.29 is 4.52 Å². The average Bonchev–Trinajstić information content (AvgIpc) is 2.94. The molecule has 94 valence electrons. The van der Waals surface area contributed by atoms with Crippen molar-refractivity contribution in [3.8, 4) is 11.5 Å². The van der Waals surface area contributed by atoms with Crippen molar-refractivity contribution in [2.45, 2.75) is 13.5 Å². The van der Waals surface area contributed by atoms with Crippen LogP contribution in [0, 0.1) is 6.92 Å². The second kappa shape index (κ2) is 4.71. The Morgan fingerprint density at radius 1 is 1.39 bits per heavy atom. The molecule has 0 radical (unpaired) electrons. The normalized spacial score (nSPS) is 10.6. The van der Waals surface area contributed by atoms with Gasteiger partial charge < -0.3 is 10.3 Å². The van der Waals surface area contributed by atoms with Crippen LogP contribution in [0.15, 0.2) is 22.9 Å². The van der Waals surface area contributed by atoms with Crippen molar-refractivity contribution in [2.24, 2.45) is 5.73 Å². The summed E-state index contributed by atoms with van der Waals surface area (Å²) >= 11 is 0. The van der Waals surface area contributed by atoms with E-state index in [1.165, 1.54) is 0 Å². The third-order valence-electron chi connectivity index (χ3n) is 2.44. The molecule has 0 spiro atoms. The highest BCUT2D eigenvalue weighted by Gasteiger charge is 2.09. The molecular weight excluding hydrogens is 256 g/mol. The summed E-state index contributed by atoms with van der Waals surface area (Å²) in [6, 6.07) is 3.70. The predicted octanol–water partition coefficient (Wildman–Crippen LogP) is 0.968. The first-order chi connectivity index (χ1) is 8.28. The maximum absolute atomic E-state index is 5.55. The van der Waals surface area contributed by atoms with E-state index in [-0.39, 0.29) is 12.4 Å². The van der Waals surface area contributed by atoms with Crippen LogP contribution in [0.25, 0.3) is 17.1 Å². The molecule has 2 N–H and O–H groups in total. The minimum Gasteiger partial charge on any atom is -0.334 e. The third-order valence-corrected chi connectivity index (χ3v) is 2.44. The summed E-state index contributed by atoms with van der Waals surface area (Å²) in [5.74, 6) is 1.79. The molecule has 3 rings (SSSR count). The van der Waals surface area contributed by atoms with E-state index in [0.29, 0.717) is 29.7 Å². The molecule has 3 aromatic heterocycles. The number of rotatable bonds is 2. The summed E-state index contributed by atoms with van der Waals surface area (Å²) in [6.45, 7) is 2.12. The number of aromatic nitrogens is 5. The van der Waals surface area contributed by atoms with Gasteiger partial charge in [0.15, 0.2) is 17.3 Å². The fourth-order valence-electron chi connectivity index (χ4n) is 1.63. The van der Waals surface area contributed by atoms with Gasteiger partial charge in [-0.1, -0.05) is 5.16 Å². The maximum Gasteiger partial charge on any atom is 0.258 e. The van der Waals surface area contributed by atoms with Crippen LogP contribution in [0.4, 0.5) is 0 Å². The third kappa shape index (κ3) is 1.93. The molecule has 0 saturated carbocycles. The van der Waals surface area contributed by atoms with E-state index < -0.39 is 0 Å². The first-order valence-electron chi connectivity index (χ1n) is 5.12. The van der Waals surface area contributed by atoms with Crippen LogP contribution in [-0.4, -0.2) is 24.7 Å². The van der Waals surface area contributed by atoms with E-state index in [0.717, 1.165) is 5.56 Å². The zero-order chi connectivity index (χ0) is 11.8. The highest BCUT2D eigenvalue weighted by molar-refractivity contribution is 5.85. The van der Waals surface area contributed by atoms with Gasteiger partial charge in [-0.3, -0.25) is 4.40 Å². The van der Waals surface area contributed by atoms with Gasteiger partial charge in [-0.2, -0.15) is 4.98 Å². The van der Waals surface area contributed by atoms with E-state index in [1.807, 2.05) is 22.7 Å². The first kappa shape index (κ1) is 12.5. The van der Waals surface area contributed by atoms with Crippen LogP contribution in [-0.2, 0) is 6.54 Å². The lowest BCUT2D eigenvalue weighted by Gasteiger charge is -1.97. The van der Waals surface area contributed by atoms with Crippen molar-refractivity contribution in [3.05, 3.63) is 30.0 Å². The molecule has 0 fully saturated rings. The highest BCUT2D eigenvalue weighted by atomic mass is 35.5. The number of fused-ring (bicyclic) bond motifs is 1. The Morgan fingerprint density at radius 3 is 2.89 bits per heavy atom. The summed E-state index contributed by atoms with van der Waals surface area (Å²) in [5.41, 5.74) is 7.07. The Balaban J connectivity index is 0.00000120. The van der Waals surface area contributed by atoms with Gasteiger partial charge in [0, 0.05) is 11.8 Å². The highest BCUT2D eigenvalue weighted by Crippen LogP contribution is 2.18. The Hall–Kier alpha value is -1.99. The number of hydrogen-bond acceptors (Lipinski definition) is 6. The van der Waals surface area contributed by atoms with E-state index in [9.17, 15) is 0 Å². The van der Waals surface area contributed by atoms with Gasteiger partial charge in [0.2, 0.25) is 0 Å². The van der Waals surface area contributed by atoms with Crippen molar-refractivity contribution in [1.82, 2.24) is 24.7 Å². The molecule has 0 amide bonds. The van der Waals surface area contributed by atoms with Gasteiger partial charge in [-0.05, 0) is 19.1 Å². The molecule has 0 atom stereocenters. The monoisotopic (exact) mass is 266 g/mol. The predicted molar refractivity (Wildman–Crippen MR) is 66.2 cm³/mol. The maximum atomic E-state index is 5.55. The van der Waals surface area contributed by atoms with Gasteiger partial charge in [0.05, 0.1) is 6.54 Å². The molecule has 0 unspecified atom stereocenters. The fraction of sp³-hybridized carbons (Fsp3) is 0.200. The number of pyridine rings is 1. The van der Waals surface area contributed by atoms with Crippen LogP contribution in [0.3, 0.4) is 0 Å². The van der Waals surface area contributed by atoms with Gasteiger partial charge >= 0.3 is 0 Å². The van der Waals surface area contributed by atoms with Gasteiger partial charge in [0.1, 0.15) is 0 Å². The fourth-order valence-corrected chi connectivity index (χ4v) is 1.63. The lowest BCUT2D eigenvalue weighted by atomic mass is 10.2.